The van der Waals surface area contributed by atoms with Crippen LogP contribution in [0.25, 0.3) is 0 Å². The molecule has 0 amide bonds. The zero-order valence-corrected chi connectivity index (χ0v) is 13.1. The smallest absolute Gasteiger partial charge is 0.0720 e. The number of rotatable bonds is 9. The Morgan fingerprint density at radius 3 is 2.05 bits per heavy atom. The predicted molar refractivity (Wildman–Crippen MR) is 82.7 cm³/mol. The third kappa shape index (κ3) is 5.40. The van der Waals surface area contributed by atoms with Gasteiger partial charge in [-0.1, -0.05) is 51.1 Å². The van der Waals surface area contributed by atoms with Crippen molar-refractivity contribution in [1.82, 2.24) is 0 Å². The second kappa shape index (κ2) is 9.15. The molecule has 0 unspecified atom stereocenters. The molecule has 0 aromatic heterocycles. The lowest BCUT2D eigenvalue weighted by Gasteiger charge is -2.34. The van der Waals surface area contributed by atoms with Gasteiger partial charge in [0.2, 0.25) is 0 Å². The molecule has 21 heavy (non-hydrogen) atoms. The third-order valence-corrected chi connectivity index (χ3v) is 4.06. The molecular formula is C17H28O4. The Morgan fingerprint density at radius 1 is 0.952 bits per heavy atom. The fourth-order valence-electron chi connectivity index (χ4n) is 2.53. The summed E-state index contributed by atoms with van der Waals surface area (Å²) in [6.07, 6.45) is -0.927. The van der Waals surface area contributed by atoms with E-state index in [2.05, 4.69) is 0 Å². The van der Waals surface area contributed by atoms with E-state index in [0.717, 1.165) is 5.56 Å². The molecule has 0 spiro atoms. The Labute approximate surface area is 127 Å². The number of hydrogen-bond donors (Lipinski definition) is 3. The lowest BCUT2D eigenvalue weighted by molar-refractivity contribution is -0.0891. The van der Waals surface area contributed by atoms with Gasteiger partial charge in [0.1, 0.15) is 0 Å². The van der Waals surface area contributed by atoms with Crippen molar-refractivity contribution in [2.75, 3.05) is 13.2 Å². The van der Waals surface area contributed by atoms with Gasteiger partial charge in [0.05, 0.1) is 18.8 Å². The lowest BCUT2D eigenvalue weighted by Crippen LogP contribution is -2.41. The van der Waals surface area contributed by atoms with E-state index in [1.165, 1.54) is 0 Å². The fraction of sp³-hybridized carbons (Fsp3) is 0.647. The summed E-state index contributed by atoms with van der Waals surface area (Å²) in [6.45, 7) is 6.00. The van der Waals surface area contributed by atoms with Crippen LogP contribution >= 0.6 is 0 Å². The van der Waals surface area contributed by atoms with E-state index in [0.29, 0.717) is 6.61 Å². The second-order valence-electron chi connectivity index (χ2n) is 5.93. The molecule has 0 fully saturated rings. The molecule has 120 valence electrons. The quantitative estimate of drug-likeness (QED) is 0.650. The van der Waals surface area contributed by atoms with Gasteiger partial charge in [-0.15, -0.1) is 0 Å². The summed E-state index contributed by atoms with van der Waals surface area (Å²) in [5.41, 5.74) is 1.06. The van der Waals surface area contributed by atoms with Crippen molar-refractivity contribution in [2.45, 2.75) is 39.6 Å². The van der Waals surface area contributed by atoms with Crippen LogP contribution in [-0.2, 0) is 11.3 Å². The number of hydrogen-bond acceptors (Lipinski definition) is 4. The summed E-state index contributed by atoms with van der Waals surface area (Å²) in [7, 11) is 0. The maximum absolute atomic E-state index is 10.3. The molecule has 0 aliphatic heterocycles. The molecule has 0 aliphatic rings. The summed E-state index contributed by atoms with van der Waals surface area (Å²) < 4.78 is 5.96. The Morgan fingerprint density at radius 2 is 1.52 bits per heavy atom. The van der Waals surface area contributed by atoms with Crippen LogP contribution in [0.5, 0.6) is 0 Å². The summed E-state index contributed by atoms with van der Waals surface area (Å²) in [5.74, 6) is -0.462. The average Bonchev–Trinajstić information content (AvgIpc) is 2.53. The van der Waals surface area contributed by atoms with Crippen molar-refractivity contribution in [1.29, 1.82) is 0 Å². The maximum Gasteiger partial charge on any atom is 0.0720 e. The van der Waals surface area contributed by atoms with Crippen LogP contribution in [0.4, 0.5) is 0 Å². The monoisotopic (exact) mass is 296 g/mol. The highest BCUT2D eigenvalue weighted by molar-refractivity contribution is 5.13. The number of aliphatic hydroxyl groups excluding tert-OH is 3. The maximum atomic E-state index is 10.3. The number of ether oxygens (including phenoxy) is 1. The lowest BCUT2D eigenvalue weighted by atomic mass is 9.84. The minimum absolute atomic E-state index is 0.00399. The fourth-order valence-corrected chi connectivity index (χ4v) is 2.53. The van der Waals surface area contributed by atoms with Gasteiger partial charge in [0.15, 0.2) is 0 Å². The first-order valence-corrected chi connectivity index (χ1v) is 7.56. The molecule has 0 heterocycles. The molecule has 5 atom stereocenters. The Hall–Kier alpha value is -0.940. The first kappa shape index (κ1) is 18.1. The second-order valence-corrected chi connectivity index (χ2v) is 5.93. The molecule has 3 N–H and O–H groups in total. The Kier molecular flexibility index (Phi) is 7.89. The first-order valence-electron chi connectivity index (χ1n) is 7.56. The van der Waals surface area contributed by atoms with E-state index in [1.807, 2.05) is 44.2 Å². The number of benzene rings is 1. The van der Waals surface area contributed by atoms with E-state index in [-0.39, 0.29) is 37.1 Å². The predicted octanol–water partition coefficient (Wildman–Crippen LogP) is 1.83. The zero-order valence-electron chi connectivity index (χ0n) is 13.1. The number of aliphatic hydroxyl groups is 3. The zero-order chi connectivity index (χ0) is 15.8. The van der Waals surface area contributed by atoms with Crippen molar-refractivity contribution in [3.05, 3.63) is 35.9 Å². The van der Waals surface area contributed by atoms with Crippen molar-refractivity contribution in [3.8, 4) is 0 Å². The van der Waals surface area contributed by atoms with Gasteiger partial charge in [-0.2, -0.15) is 0 Å². The molecule has 0 saturated carbocycles. The SMILES string of the molecule is C[C@H]([C@@H](O)[C@@H](C)CO)[C@@H](OCc1ccccc1)[C@@H](C)CO. The van der Waals surface area contributed by atoms with Gasteiger partial charge in [0, 0.05) is 31.0 Å². The minimum atomic E-state index is -0.662. The van der Waals surface area contributed by atoms with Crippen LogP contribution in [0.1, 0.15) is 26.3 Å². The van der Waals surface area contributed by atoms with E-state index in [9.17, 15) is 15.3 Å². The normalized spacial score (nSPS) is 18.8. The highest BCUT2D eigenvalue weighted by Gasteiger charge is 2.32. The third-order valence-electron chi connectivity index (χ3n) is 4.06. The first-order chi connectivity index (χ1) is 10.0. The van der Waals surface area contributed by atoms with Gasteiger partial charge >= 0.3 is 0 Å². The highest BCUT2D eigenvalue weighted by Crippen LogP contribution is 2.25. The van der Waals surface area contributed by atoms with Crippen LogP contribution < -0.4 is 0 Å². The molecular weight excluding hydrogens is 268 g/mol. The van der Waals surface area contributed by atoms with Crippen molar-refractivity contribution < 1.29 is 20.1 Å². The van der Waals surface area contributed by atoms with Crippen LogP contribution in [0.3, 0.4) is 0 Å². The van der Waals surface area contributed by atoms with Crippen molar-refractivity contribution in [2.24, 2.45) is 17.8 Å². The molecule has 1 rings (SSSR count). The van der Waals surface area contributed by atoms with Crippen LogP contribution in [0.2, 0.25) is 0 Å². The van der Waals surface area contributed by atoms with Gasteiger partial charge in [-0.05, 0) is 5.56 Å². The average molecular weight is 296 g/mol. The molecule has 1 aromatic rings. The molecule has 0 aliphatic carbocycles. The standard InChI is InChI=1S/C17H28O4/c1-12(9-18)16(20)14(3)17(13(2)10-19)21-11-15-7-5-4-6-8-15/h4-8,12-14,16-20H,9-11H2,1-3H3/t12-,13-,14+,16-,17-/m0/s1. The van der Waals surface area contributed by atoms with Gasteiger partial charge in [-0.3, -0.25) is 0 Å². The molecule has 4 heteroatoms. The van der Waals surface area contributed by atoms with Gasteiger partial charge in [0.25, 0.3) is 0 Å². The highest BCUT2D eigenvalue weighted by atomic mass is 16.5. The molecule has 0 bridgehead atoms. The van der Waals surface area contributed by atoms with Crippen molar-refractivity contribution in [3.63, 3.8) is 0 Å². The van der Waals surface area contributed by atoms with Crippen LogP contribution in [0, 0.1) is 17.8 Å². The minimum Gasteiger partial charge on any atom is -0.396 e. The largest absolute Gasteiger partial charge is 0.396 e. The van der Waals surface area contributed by atoms with Crippen LogP contribution in [-0.4, -0.2) is 40.7 Å². The summed E-state index contributed by atoms with van der Waals surface area (Å²) >= 11 is 0. The summed E-state index contributed by atoms with van der Waals surface area (Å²) in [6, 6.07) is 9.83. The van der Waals surface area contributed by atoms with E-state index in [4.69, 9.17) is 4.74 Å². The van der Waals surface area contributed by atoms with Crippen LogP contribution in [0.15, 0.2) is 30.3 Å². The molecule has 0 radical (unpaired) electrons. The van der Waals surface area contributed by atoms with E-state index < -0.39 is 6.10 Å². The van der Waals surface area contributed by atoms with Gasteiger partial charge < -0.3 is 20.1 Å². The summed E-state index contributed by atoms with van der Waals surface area (Å²) in [5, 5.41) is 28.9. The Bertz CT molecular complexity index is 382. The van der Waals surface area contributed by atoms with Gasteiger partial charge in [-0.25, -0.2) is 0 Å². The molecule has 0 saturated heterocycles. The topological polar surface area (TPSA) is 69.9 Å². The van der Waals surface area contributed by atoms with Crippen molar-refractivity contribution >= 4 is 0 Å². The molecule has 1 aromatic carbocycles. The molecule has 4 nitrogen and oxygen atoms in total. The Balaban J connectivity index is 2.71. The van der Waals surface area contributed by atoms with E-state index >= 15 is 0 Å². The van der Waals surface area contributed by atoms with E-state index in [1.54, 1.807) is 6.92 Å². The summed E-state index contributed by atoms with van der Waals surface area (Å²) in [4.78, 5) is 0.